The zero-order valence-electron chi connectivity index (χ0n) is 11.3. The highest BCUT2D eigenvalue weighted by Gasteiger charge is 2.24. The molecule has 1 heterocycles. The van der Waals surface area contributed by atoms with E-state index < -0.39 is 0 Å². The zero-order chi connectivity index (χ0) is 13.0. The Hall–Kier alpha value is -0.390. The van der Waals surface area contributed by atoms with E-state index in [2.05, 4.69) is 51.3 Å². The van der Waals surface area contributed by atoms with E-state index >= 15 is 0 Å². The van der Waals surface area contributed by atoms with Crippen LogP contribution in [0.15, 0.2) is 12.4 Å². The van der Waals surface area contributed by atoms with E-state index in [1.165, 1.54) is 32.1 Å². The first-order chi connectivity index (χ1) is 8.66. The summed E-state index contributed by atoms with van der Waals surface area (Å²) < 4.78 is 1.10. The van der Waals surface area contributed by atoms with Gasteiger partial charge in [0.25, 0.3) is 0 Å². The smallest absolute Gasteiger partial charge is 0.225 e. The first-order valence-electron chi connectivity index (χ1n) is 6.91. The van der Waals surface area contributed by atoms with Gasteiger partial charge in [-0.05, 0) is 47.8 Å². The van der Waals surface area contributed by atoms with Crippen LogP contribution in [0.25, 0.3) is 0 Å². The molecule has 1 aliphatic rings. The van der Waals surface area contributed by atoms with E-state index in [0.717, 1.165) is 22.0 Å². The van der Waals surface area contributed by atoms with Crippen molar-refractivity contribution in [2.75, 3.05) is 11.4 Å². The molecule has 100 valence electrons. The summed E-state index contributed by atoms with van der Waals surface area (Å²) >= 11 is 2.26. The fraction of sp³-hybridized carbons (Fsp3) is 0.714. The first-order valence-corrected chi connectivity index (χ1v) is 7.99. The summed E-state index contributed by atoms with van der Waals surface area (Å²) in [6, 6.07) is 0.656. The van der Waals surface area contributed by atoms with Crippen molar-refractivity contribution in [1.29, 1.82) is 0 Å². The van der Waals surface area contributed by atoms with Crippen LogP contribution in [0.3, 0.4) is 0 Å². The van der Waals surface area contributed by atoms with Gasteiger partial charge < -0.3 is 4.90 Å². The summed E-state index contributed by atoms with van der Waals surface area (Å²) in [7, 11) is 0. The first kappa shape index (κ1) is 14.0. The summed E-state index contributed by atoms with van der Waals surface area (Å²) in [6.07, 6.45) is 10.4. The Morgan fingerprint density at radius 3 is 2.44 bits per heavy atom. The lowest BCUT2D eigenvalue weighted by Gasteiger charge is -2.29. The third-order valence-electron chi connectivity index (χ3n) is 3.58. The van der Waals surface area contributed by atoms with Crippen LogP contribution in [-0.4, -0.2) is 22.6 Å². The van der Waals surface area contributed by atoms with Gasteiger partial charge in [0.2, 0.25) is 5.95 Å². The molecule has 0 N–H and O–H groups in total. The normalized spacial score (nSPS) is 16.4. The number of halogens is 1. The minimum absolute atomic E-state index is 0.656. The number of rotatable bonds is 5. The van der Waals surface area contributed by atoms with Gasteiger partial charge in [-0.25, -0.2) is 9.97 Å². The summed E-state index contributed by atoms with van der Waals surface area (Å²) in [5, 5.41) is 0. The van der Waals surface area contributed by atoms with Gasteiger partial charge in [0.05, 0.1) is 0 Å². The molecular formula is C14H22IN3. The van der Waals surface area contributed by atoms with Crippen LogP contribution in [0.2, 0.25) is 0 Å². The second-order valence-corrected chi connectivity index (χ2v) is 6.76. The molecular weight excluding hydrogens is 337 g/mol. The molecule has 0 bridgehead atoms. The summed E-state index contributed by atoms with van der Waals surface area (Å²) in [6.45, 7) is 5.64. The quantitative estimate of drug-likeness (QED) is 0.748. The molecule has 0 saturated heterocycles. The fourth-order valence-electron chi connectivity index (χ4n) is 2.51. The average molecular weight is 359 g/mol. The maximum absolute atomic E-state index is 4.51. The van der Waals surface area contributed by atoms with Crippen molar-refractivity contribution in [3.8, 4) is 0 Å². The zero-order valence-corrected chi connectivity index (χ0v) is 13.4. The van der Waals surface area contributed by atoms with Crippen LogP contribution in [0, 0.1) is 9.49 Å². The highest BCUT2D eigenvalue weighted by atomic mass is 127. The molecule has 1 fully saturated rings. The van der Waals surface area contributed by atoms with Gasteiger partial charge in [-0.15, -0.1) is 0 Å². The lowest BCUT2D eigenvalue weighted by molar-refractivity contribution is 0.521. The van der Waals surface area contributed by atoms with Crippen molar-refractivity contribution in [2.45, 2.75) is 52.0 Å². The van der Waals surface area contributed by atoms with Crippen molar-refractivity contribution in [3.05, 3.63) is 16.0 Å². The lowest BCUT2D eigenvalue weighted by Crippen LogP contribution is -2.36. The Kier molecular flexibility index (Phi) is 5.21. The molecule has 1 aromatic heterocycles. The van der Waals surface area contributed by atoms with Crippen molar-refractivity contribution in [1.82, 2.24) is 9.97 Å². The molecule has 1 saturated carbocycles. The maximum atomic E-state index is 4.51. The molecule has 0 aliphatic heterocycles. The molecule has 1 aromatic rings. The minimum atomic E-state index is 0.656. The number of nitrogens with zero attached hydrogens (tertiary/aromatic N) is 3. The molecule has 4 heteroatoms. The third-order valence-corrected chi connectivity index (χ3v) is 4.13. The number of aromatic nitrogens is 2. The molecule has 3 nitrogen and oxygen atoms in total. The highest BCUT2D eigenvalue weighted by molar-refractivity contribution is 14.1. The monoisotopic (exact) mass is 359 g/mol. The van der Waals surface area contributed by atoms with E-state index in [4.69, 9.17) is 0 Å². The summed E-state index contributed by atoms with van der Waals surface area (Å²) in [5.41, 5.74) is 0. The Labute approximate surface area is 124 Å². The van der Waals surface area contributed by atoms with Gasteiger partial charge in [-0.3, -0.25) is 0 Å². The van der Waals surface area contributed by atoms with E-state index in [0.29, 0.717) is 6.04 Å². The van der Waals surface area contributed by atoms with Crippen molar-refractivity contribution in [2.24, 2.45) is 5.92 Å². The molecule has 0 unspecified atom stereocenters. The highest BCUT2D eigenvalue weighted by Crippen LogP contribution is 2.26. The van der Waals surface area contributed by atoms with Gasteiger partial charge in [0, 0.05) is 28.6 Å². The Balaban J connectivity index is 2.09. The minimum Gasteiger partial charge on any atom is -0.338 e. The molecule has 0 spiro atoms. The number of hydrogen-bond donors (Lipinski definition) is 0. The van der Waals surface area contributed by atoms with Crippen LogP contribution in [0.4, 0.5) is 5.95 Å². The van der Waals surface area contributed by atoms with Crippen LogP contribution < -0.4 is 4.90 Å². The summed E-state index contributed by atoms with van der Waals surface area (Å²) in [5.74, 6) is 1.65. The second kappa shape index (κ2) is 6.68. The van der Waals surface area contributed by atoms with Crippen LogP contribution >= 0.6 is 22.6 Å². The lowest BCUT2D eigenvalue weighted by atomic mass is 10.1. The maximum Gasteiger partial charge on any atom is 0.225 e. The molecule has 0 amide bonds. The van der Waals surface area contributed by atoms with Crippen LogP contribution in [0.5, 0.6) is 0 Å². The van der Waals surface area contributed by atoms with E-state index in [-0.39, 0.29) is 0 Å². The van der Waals surface area contributed by atoms with Crippen LogP contribution in [-0.2, 0) is 0 Å². The third kappa shape index (κ3) is 3.80. The molecule has 0 radical (unpaired) electrons. The van der Waals surface area contributed by atoms with Crippen molar-refractivity contribution >= 4 is 28.5 Å². The molecule has 2 rings (SSSR count). The molecule has 18 heavy (non-hydrogen) atoms. The fourth-order valence-corrected chi connectivity index (χ4v) is 2.79. The van der Waals surface area contributed by atoms with Gasteiger partial charge in [0.1, 0.15) is 0 Å². The predicted octanol–water partition coefficient (Wildman–Crippen LogP) is 3.88. The molecule has 0 aromatic carbocycles. The van der Waals surface area contributed by atoms with E-state index in [1.54, 1.807) is 0 Å². The number of hydrogen-bond acceptors (Lipinski definition) is 3. The predicted molar refractivity (Wildman–Crippen MR) is 83.8 cm³/mol. The van der Waals surface area contributed by atoms with Crippen molar-refractivity contribution < 1.29 is 0 Å². The molecule has 1 aliphatic carbocycles. The Morgan fingerprint density at radius 2 is 1.89 bits per heavy atom. The van der Waals surface area contributed by atoms with E-state index in [1.807, 2.05) is 12.4 Å². The van der Waals surface area contributed by atoms with Crippen LogP contribution in [0.1, 0.15) is 46.0 Å². The Morgan fingerprint density at radius 1 is 1.28 bits per heavy atom. The summed E-state index contributed by atoms with van der Waals surface area (Å²) in [4.78, 5) is 11.5. The van der Waals surface area contributed by atoms with E-state index in [9.17, 15) is 0 Å². The average Bonchev–Trinajstić information content (AvgIpc) is 2.85. The molecule has 0 atom stereocenters. The van der Waals surface area contributed by atoms with Gasteiger partial charge in [-0.1, -0.05) is 26.7 Å². The largest absolute Gasteiger partial charge is 0.338 e. The number of anilines is 1. The second-order valence-electron chi connectivity index (χ2n) is 5.52. The SMILES string of the molecule is CC(C)CCN(c1ncc(I)cn1)C1CCCC1. The van der Waals surface area contributed by atoms with Gasteiger partial charge in [0.15, 0.2) is 0 Å². The van der Waals surface area contributed by atoms with Crippen molar-refractivity contribution in [3.63, 3.8) is 0 Å². The standard InChI is InChI=1S/C14H22IN3/c1-11(2)7-8-18(13-5-3-4-6-13)14-16-9-12(15)10-17-14/h9-11,13H,3-8H2,1-2H3. The topological polar surface area (TPSA) is 29.0 Å². The Bertz CT molecular complexity index is 358. The van der Waals surface area contributed by atoms with Gasteiger partial charge in [-0.2, -0.15) is 0 Å². The van der Waals surface area contributed by atoms with Gasteiger partial charge >= 0.3 is 0 Å².